The Morgan fingerprint density at radius 1 is 1.22 bits per heavy atom. The SMILES string of the molecule is NC1CCCC1C(=O)N1CCCC(CC(=O)O)C1. The molecule has 2 rings (SSSR count). The number of rotatable bonds is 3. The lowest BCUT2D eigenvalue weighted by atomic mass is 9.93. The van der Waals surface area contributed by atoms with Gasteiger partial charge in [0.15, 0.2) is 0 Å². The minimum atomic E-state index is -0.771. The van der Waals surface area contributed by atoms with Crippen LogP contribution in [0.5, 0.6) is 0 Å². The quantitative estimate of drug-likeness (QED) is 0.781. The molecule has 0 aromatic carbocycles. The van der Waals surface area contributed by atoms with Gasteiger partial charge in [-0.2, -0.15) is 0 Å². The van der Waals surface area contributed by atoms with Crippen LogP contribution in [0.4, 0.5) is 0 Å². The number of nitrogens with two attached hydrogens (primary N) is 1. The standard InChI is InChI=1S/C13H22N2O3/c14-11-5-1-4-10(11)13(18)15-6-2-3-9(8-15)7-12(16)17/h9-11H,1-8,14H2,(H,16,17). The fourth-order valence-electron chi connectivity index (χ4n) is 3.21. The van der Waals surface area contributed by atoms with Crippen molar-refractivity contribution in [1.82, 2.24) is 4.90 Å². The first-order valence-electron chi connectivity index (χ1n) is 6.84. The number of likely N-dealkylation sites (tertiary alicyclic amines) is 1. The van der Waals surface area contributed by atoms with Crippen molar-refractivity contribution in [3.05, 3.63) is 0 Å². The topological polar surface area (TPSA) is 83.6 Å². The van der Waals surface area contributed by atoms with E-state index in [0.717, 1.165) is 38.6 Å². The maximum absolute atomic E-state index is 12.3. The molecule has 3 unspecified atom stereocenters. The van der Waals surface area contributed by atoms with E-state index in [1.165, 1.54) is 0 Å². The number of aliphatic carboxylic acids is 1. The average Bonchev–Trinajstić information content (AvgIpc) is 2.74. The van der Waals surface area contributed by atoms with Gasteiger partial charge in [-0.15, -0.1) is 0 Å². The summed E-state index contributed by atoms with van der Waals surface area (Å²) in [7, 11) is 0. The van der Waals surface area contributed by atoms with Gasteiger partial charge in [0, 0.05) is 25.6 Å². The van der Waals surface area contributed by atoms with E-state index in [0.29, 0.717) is 6.54 Å². The highest BCUT2D eigenvalue weighted by molar-refractivity contribution is 5.80. The first-order valence-corrected chi connectivity index (χ1v) is 6.84. The highest BCUT2D eigenvalue weighted by Crippen LogP contribution is 2.28. The van der Waals surface area contributed by atoms with Crippen LogP contribution >= 0.6 is 0 Å². The number of nitrogens with zero attached hydrogens (tertiary/aromatic N) is 1. The smallest absolute Gasteiger partial charge is 0.303 e. The van der Waals surface area contributed by atoms with Crippen molar-refractivity contribution >= 4 is 11.9 Å². The van der Waals surface area contributed by atoms with E-state index in [-0.39, 0.29) is 30.2 Å². The molecule has 0 aromatic rings. The molecule has 2 fully saturated rings. The highest BCUT2D eigenvalue weighted by atomic mass is 16.4. The van der Waals surface area contributed by atoms with Gasteiger partial charge in [0.2, 0.25) is 5.91 Å². The molecular weight excluding hydrogens is 232 g/mol. The number of carbonyl (C=O) groups is 2. The van der Waals surface area contributed by atoms with Crippen LogP contribution < -0.4 is 5.73 Å². The van der Waals surface area contributed by atoms with Gasteiger partial charge >= 0.3 is 5.97 Å². The third kappa shape index (κ3) is 3.02. The Labute approximate surface area is 107 Å². The Bertz CT molecular complexity index is 332. The van der Waals surface area contributed by atoms with Gasteiger partial charge in [-0.25, -0.2) is 0 Å². The number of piperidine rings is 1. The van der Waals surface area contributed by atoms with E-state index in [2.05, 4.69) is 0 Å². The molecule has 0 spiro atoms. The van der Waals surface area contributed by atoms with E-state index in [4.69, 9.17) is 10.8 Å². The van der Waals surface area contributed by atoms with Crippen LogP contribution in [-0.2, 0) is 9.59 Å². The van der Waals surface area contributed by atoms with Crippen molar-refractivity contribution in [2.75, 3.05) is 13.1 Å². The number of amides is 1. The third-order valence-electron chi connectivity index (χ3n) is 4.18. The first kappa shape index (κ1) is 13.3. The molecule has 1 saturated heterocycles. The van der Waals surface area contributed by atoms with E-state index in [1.54, 1.807) is 0 Å². The summed E-state index contributed by atoms with van der Waals surface area (Å²) in [6, 6.07) is -0.00245. The van der Waals surface area contributed by atoms with Crippen molar-refractivity contribution in [1.29, 1.82) is 0 Å². The van der Waals surface area contributed by atoms with Crippen molar-refractivity contribution in [3.63, 3.8) is 0 Å². The monoisotopic (exact) mass is 254 g/mol. The number of carbonyl (C=O) groups excluding carboxylic acids is 1. The molecule has 18 heavy (non-hydrogen) atoms. The molecular formula is C13H22N2O3. The van der Waals surface area contributed by atoms with E-state index in [9.17, 15) is 9.59 Å². The maximum Gasteiger partial charge on any atom is 0.303 e. The lowest BCUT2D eigenvalue weighted by Crippen LogP contribution is -2.46. The summed E-state index contributed by atoms with van der Waals surface area (Å²) in [6.07, 6.45) is 4.84. The van der Waals surface area contributed by atoms with Crippen molar-refractivity contribution < 1.29 is 14.7 Å². The van der Waals surface area contributed by atoms with Crippen LogP contribution in [0.2, 0.25) is 0 Å². The van der Waals surface area contributed by atoms with Crippen molar-refractivity contribution in [2.24, 2.45) is 17.6 Å². The second-order valence-electron chi connectivity index (χ2n) is 5.59. The predicted molar refractivity (Wildman–Crippen MR) is 66.9 cm³/mol. The minimum absolute atomic E-state index is 0.00245. The summed E-state index contributed by atoms with van der Waals surface area (Å²) in [4.78, 5) is 24.9. The van der Waals surface area contributed by atoms with Gasteiger partial charge in [-0.05, 0) is 31.6 Å². The number of carboxylic acid groups (broad SMARTS) is 1. The van der Waals surface area contributed by atoms with Crippen molar-refractivity contribution in [2.45, 2.75) is 44.6 Å². The second kappa shape index (κ2) is 5.69. The Morgan fingerprint density at radius 3 is 2.61 bits per heavy atom. The van der Waals surface area contributed by atoms with Crippen LogP contribution in [0.1, 0.15) is 38.5 Å². The minimum Gasteiger partial charge on any atom is -0.481 e. The van der Waals surface area contributed by atoms with Gasteiger partial charge in [0.1, 0.15) is 0 Å². The summed E-state index contributed by atoms with van der Waals surface area (Å²) >= 11 is 0. The summed E-state index contributed by atoms with van der Waals surface area (Å²) in [5, 5.41) is 8.82. The third-order valence-corrected chi connectivity index (χ3v) is 4.18. The van der Waals surface area contributed by atoms with Crippen LogP contribution in [-0.4, -0.2) is 41.0 Å². The van der Waals surface area contributed by atoms with Crippen LogP contribution in [0.15, 0.2) is 0 Å². The zero-order valence-electron chi connectivity index (χ0n) is 10.7. The predicted octanol–water partition coefficient (Wildman–Crippen LogP) is 0.827. The Morgan fingerprint density at radius 2 is 2.00 bits per heavy atom. The van der Waals surface area contributed by atoms with Crippen LogP contribution in [0.3, 0.4) is 0 Å². The number of hydrogen-bond donors (Lipinski definition) is 2. The first-order chi connectivity index (χ1) is 8.58. The largest absolute Gasteiger partial charge is 0.481 e. The van der Waals surface area contributed by atoms with E-state index < -0.39 is 5.97 Å². The molecule has 0 bridgehead atoms. The lowest BCUT2D eigenvalue weighted by molar-refractivity contribution is -0.142. The van der Waals surface area contributed by atoms with E-state index >= 15 is 0 Å². The van der Waals surface area contributed by atoms with Gasteiger partial charge in [0.05, 0.1) is 5.92 Å². The molecule has 0 radical (unpaired) electrons. The lowest BCUT2D eigenvalue weighted by Gasteiger charge is -2.34. The number of hydrogen-bond acceptors (Lipinski definition) is 3. The maximum atomic E-state index is 12.3. The van der Waals surface area contributed by atoms with Gasteiger partial charge < -0.3 is 15.7 Å². The normalized spacial score (nSPS) is 32.5. The molecule has 1 saturated carbocycles. The second-order valence-corrected chi connectivity index (χ2v) is 5.59. The summed E-state index contributed by atoms with van der Waals surface area (Å²) < 4.78 is 0. The molecule has 102 valence electrons. The zero-order chi connectivity index (χ0) is 13.1. The van der Waals surface area contributed by atoms with E-state index in [1.807, 2.05) is 4.90 Å². The molecule has 3 atom stereocenters. The zero-order valence-corrected chi connectivity index (χ0v) is 10.7. The summed E-state index contributed by atoms with van der Waals surface area (Å²) in [5.41, 5.74) is 5.96. The molecule has 1 aliphatic heterocycles. The van der Waals surface area contributed by atoms with Crippen LogP contribution in [0, 0.1) is 11.8 Å². The van der Waals surface area contributed by atoms with Crippen LogP contribution in [0.25, 0.3) is 0 Å². The van der Waals surface area contributed by atoms with Gasteiger partial charge in [-0.1, -0.05) is 6.42 Å². The summed E-state index contributed by atoms with van der Waals surface area (Å²) in [5.74, 6) is -0.548. The Kier molecular flexibility index (Phi) is 4.22. The fourth-order valence-corrected chi connectivity index (χ4v) is 3.21. The molecule has 2 aliphatic rings. The molecule has 0 aromatic heterocycles. The average molecular weight is 254 g/mol. The summed E-state index contributed by atoms with van der Waals surface area (Å²) in [6.45, 7) is 1.35. The molecule has 5 nitrogen and oxygen atoms in total. The fraction of sp³-hybridized carbons (Fsp3) is 0.846. The molecule has 3 N–H and O–H groups in total. The molecule has 5 heteroatoms. The molecule has 1 heterocycles. The Balaban J connectivity index is 1.91. The van der Waals surface area contributed by atoms with Gasteiger partial charge in [-0.3, -0.25) is 9.59 Å². The molecule has 1 aliphatic carbocycles. The number of carboxylic acids is 1. The highest BCUT2D eigenvalue weighted by Gasteiger charge is 2.35. The van der Waals surface area contributed by atoms with Crippen molar-refractivity contribution in [3.8, 4) is 0 Å². The molecule has 1 amide bonds. The Hall–Kier alpha value is -1.10. The van der Waals surface area contributed by atoms with Gasteiger partial charge in [0.25, 0.3) is 0 Å².